The smallest absolute Gasteiger partial charge is 0.256 e. The second kappa shape index (κ2) is 10.9. The SMILES string of the molecule is COc1ccc(C(=O)N2[C@H](C(=O)NCc3ccco3)COC23CCN(C(=O)c2cccc(Cl)c2)CC3)cc1. The quantitative estimate of drug-likeness (QED) is 0.514. The van der Waals surface area contributed by atoms with Crippen molar-refractivity contribution >= 4 is 29.3 Å². The van der Waals surface area contributed by atoms with E-state index in [9.17, 15) is 14.4 Å². The molecule has 0 saturated carbocycles. The summed E-state index contributed by atoms with van der Waals surface area (Å²) in [5, 5.41) is 3.34. The van der Waals surface area contributed by atoms with Gasteiger partial charge in [0.1, 0.15) is 23.3 Å². The molecule has 3 amide bonds. The number of furan rings is 1. The van der Waals surface area contributed by atoms with Gasteiger partial charge in [0.15, 0.2) is 0 Å². The first-order valence-corrected chi connectivity index (χ1v) is 12.7. The van der Waals surface area contributed by atoms with Crippen molar-refractivity contribution in [3.8, 4) is 5.75 Å². The van der Waals surface area contributed by atoms with Gasteiger partial charge >= 0.3 is 0 Å². The first kappa shape index (κ1) is 25.8. The van der Waals surface area contributed by atoms with Gasteiger partial charge in [-0.25, -0.2) is 0 Å². The van der Waals surface area contributed by atoms with Crippen molar-refractivity contribution in [1.82, 2.24) is 15.1 Å². The highest BCUT2D eigenvalue weighted by Gasteiger charge is 2.54. The number of nitrogens with zero attached hydrogens (tertiary/aromatic N) is 2. The number of halogens is 1. The predicted octanol–water partition coefficient (Wildman–Crippen LogP) is 3.73. The summed E-state index contributed by atoms with van der Waals surface area (Å²) in [6.07, 6.45) is 2.26. The molecule has 5 rings (SSSR count). The third kappa shape index (κ3) is 5.12. The number of hydrogen-bond donors (Lipinski definition) is 1. The fraction of sp³-hybridized carbons (Fsp3) is 0.321. The largest absolute Gasteiger partial charge is 0.497 e. The zero-order valence-corrected chi connectivity index (χ0v) is 21.6. The Balaban J connectivity index is 1.37. The van der Waals surface area contributed by atoms with E-state index >= 15 is 0 Å². The molecule has 10 heteroatoms. The average Bonchev–Trinajstić information content (AvgIpc) is 3.60. The standard InChI is InChI=1S/C28H28ClN3O6/c1-36-22-9-7-19(8-10-22)27(35)32-24(25(33)30-17-23-6-3-15-37-23)18-38-28(32)11-13-31(14-12-28)26(34)20-4-2-5-21(29)16-20/h2-10,15-16,24H,11-14,17-18H2,1H3,(H,30,33)/t24-/m0/s1. The van der Waals surface area contributed by atoms with Crippen LogP contribution >= 0.6 is 11.6 Å². The van der Waals surface area contributed by atoms with Crippen LogP contribution < -0.4 is 10.1 Å². The van der Waals surface area contributed by atoms with Crippen LogP contribution in [-0.4, -0.2) is 66.1 Å². The summed E-state index contributed by atoms with van der Waals surface area (Å²) in [6.45, 7) is 0.965. The summed E-state index contributed by atoms with van der Waals surface area (Å²) >= 11 is 6.07. The van der Waals surface area contributed by atoms with E-state index in [1.807, 2.05) is 0 Å². The first-order valence-electron chi connectivity index (χ1n) is 12.4. The predicted molar refractivity (Wildman–Crippen MR) is 139 cm³/mol. The molecule has 2 aromatic carbocycles. The Hall–Kier alpha value is -3.82. The molecule has 2 fully saturated rings. The Labute approximate surface area is 225 Å². The molecule has 0 radical (unpaired) electrons. The van der Waals surface area contributed by atoms with Crippen LogP contribution in [0.5, 0.6) is 5.75 Å². The monoisotopic (exact) mass is 537 g/mol. The third-order valence-electron chi connectivity index (χ3n) is 7.04. The number of nitrogens with one attached hydrogen (secondary N) is 1. The van der Waals surface area contributed by atoms with Crippen LogP contribution in [0.2, 0.25) is 5.02 Å². The molecule has 1 aromatic heterocycles. The van der Waals surface area contributed by atoms with Crippen LogP contribution in [0.3, 0.4) is 0 Å². The second-order valence-electron chi connectivity index (χ2n) is 9.28. The van der Waals surface area contributed by atoms with Crippen molar-refractivity contribution in [2.75, 3.05) is 26.8 Å². The van der Waals surface area contributed by atoms with Gasteiger partial charge in [0.05, 0.1) is 26.5 Å². The molecule has 1 atom stereocenters. The molecule has 0 aliphatic carbocycles. The summed E-state index contributed by atoms with van der Waals surface area (Å²) in [6, 6.07) is 16.2. The zero-order valence-electron chi connectivity index (χ0n) is 20.9. The molecule has 3 heterocycles. The van der Waals surface area contributed by atoms with Gasteiger partial charge in [0.25, 0.3) is 11.8 Å². The number of benzene rings is 2. The number of piperidine rings is 1. The maximum atomic E-state index is 13.9. The average molecular weight is 538 g/mol. The van der Waals surface area contributed by atoms with E-state index in [4.69, 9.17) is 25.5 Å². The maximum absolute atomic E-state index is 13.9. The molecule has 1 spiro atoms. The van der Waals surface area contributed by atoms with Crippen LogP contribution in [-0.2, 0) is 16.1 Å². The number of ether oxygens (including phenoxy) is 2. The Morgan fingerprint density at radius 3 is 2.45 bits per heavy atom. The van der Waals surface area contributed by atoms with E-state index in [0.29, 0.717) is 53.6 Å². The Kier molecular flexibility index (Phi) is 7.40. The first-order chi connectivity index (χ1) is 18.4. The molecule has 2 saturated heterocycles. The minimum absolute atomic E-state index is 0.0497. The third-order valence-corrected chi connectivity index (χ3v) is 7.27. The van der Waals surface area contributed by atoms with Gasteiger partial charge < -0.3 is 24.1 Å². The van der Waals surface area contributed by atoms with Gasteiger partial charge in [-0.15, -0.1) is 0 Å². The lowest BCUT2D eigenvalue weighted by atomic mass is 9.96. The van der Waals surface area contributed by atoms with E-state index in [1.54, 1.807) is 77.6 Å². The molecule has 3 aromatic rings. The minimum atomic E-state index is -1.02. The van der Waals surface area contributed by atoms with Crippen LogP contribution in [0.1, 0.15) is 39.3 Å². The van der Waals surface area contributed by atoms with Crippen LogP contribution in [0.25, 0.3) is 0 Å². The molecule has 2 aliphatic rings. The summed E-state index contributed by atoms with van der Waals surface area (Å²) in [5.74, 6) is 0.430. The fourth-order valence-electron chi connectivity index (χ4n) is 5.01. The number of methoxy groups -OCH3 is 1. The van der Waals surface area contributed by atoms with Gasteiger partial charge in [-0.2, -0.15) is 0 Å². The highest BCUT2D eigenvalue weighted by Crippen LogP contribution is 2.39. The molecule has 1 N–H and O–H groups in total. The molecule has 0 unspecified atom stereocenters. The highest BCUT2D eigenvalue weighted by molar-refractivity contribution is 6.30. The second-order valence-corrected chi connectivity index (χ2v) is 9.71. The van der Waals surface area contributed by atoms with Crippen molar-refractivity contribution in [1.29, 1.82) is 0 Å². The lowest BCUT2D eigenvalue weighted by molar-refractivity contribution is -0.128. The number of likely N-dealkylation sites (tertiary alicyclic amines) is 1. The number of hydrogen-bond acceptors (Lipinski definition) is 6. The van der Waals surface area contributed by atoms with Crippen molar-refractivity contribution in [2.24, 2.45) is 0 Å². The van der Waals surface area contributed by atoms with Crippen molar-refractivity contribution in [3.63, 3.8) is 0 Å². The summed E-state index contributed by atoms with van der Waals surface area (Å²) in [4.78, 5) is 43.5. The summed E-state index contributed by atoms with van der Waals surface area (Å²) < 4.78 is 16.8. The van der Waals surface area contributed by atoms with Gasteiger partial charge in [0.2, 0.25) is 5.91 Å². The molecule has 2 aliphatic heterocycles. The lowest BCUT2D eigenvalue weighted by Gasteiger charge is -2.44. The molecule has 38 heavy (non-hydrogen) atoms. The van der Waals surface area contributed by atoms with Gasteiger partial charge in [-0.1, -0.05) is 17.7 Å². The van der Waals surface area contributed by atoms with Gasteiger partial charge in [-0.05, 0) is 54.6 Å². The topological polar surface area (TPSA) is 101 Å². The van der Waals surface area contributed by atoms with Crippen LogP contribution in [0.4, 0.5) is 0 Å². The Bertz CT molecular complexity index is 1300. The molecular weight excluding hydrogens is 510 g/mol. The minimum Gasteiger partial charge on any atom is -0.497 e. The Morgan fingerprint density at radius 1 is 1.03 bits per heavy atom. The number of amides is 3. The van der Waals surface area contributed by atoms with Gasteiger partial charge in [0, 0.05) is 42.1 Å². The maximum Gasteiger partial charge on any atom is 0.256 e. The molecule has 0 bridgehead atoms. The highest BCUT2D eigenvalue weighted by atomic mass is 35.5. The fourth-order valence-corrected chi connectivity index (χ4v) is 5.20. The lowest BCUT2D eigenvalue weighted by Crippen LogP contribution is -2.59. The van der Waals surface area contributed by atoms with Gasteiger partial charge in [-0.3, -0.25) is 19.3 Å². The summed E-state index contributed by atoms with van der Waals surface area (Å²) in [5.41, 5.74) is -0.103. The number of rotatable bonds is 6. The van der Waals surface area contributed by atoms with E-state index in [-0.39, 0.29) is 30.9 Å². The molecular formula is C28H28ClN3O6. The van der Waals surface area contributed by atoms with E-state index < -0.39 is 11.8 Å². The van der Waals surface area contributed by atoms with Crippen molar-refractivity contribution in [3.05, 3.63) is 88.8 Å². The molecule has 9 nitrogen and oxygen atoms in total. The van der Waals surface area contributed by atoms with E-state index in [1.165, 1.54) is 6.26 Å². The Morgan fingerprint density at radius 2 is 1.79 bits per heavy atom. The van der Waals surface area contributed by atoms with Crippen LogP contribution in [0, 0.1) is 0 Å². The normalized spacial score (nSPS) is 18.4. The number of carbonyl (C=O) groups excluding carboxylic acids is 3. The number of carbonyl (C=O) groups is 3. The van der Waals surface area contributed by atoms with Crippen molar-refractivity contribution < 1.29 is 28.3 Å². The van der Waals surface area contributed by atoms with Crippen LogP contribution in [0.15, 0.2) is 71.3 Å². The van der Waals surface area contributed by atoms with Crippen molar-refractivity contribution in [2.45, 2.75) is 31.2 Å². The zero-order chi connectivity index (χ0) is 26.7. The molecule has 198 valence electrons. The van der Waals surface area contributed by atoms with E-state index in [2.05, 4.69) is 5.32 Å². The summed E-state index contributed by atoms with van der Waals surface area (Å²) in [7, 11) is 1.55. The van der Waals surface area contributed by atoms with E-state index in [0.717, 1.165) is 0 Å².